The molecule has 1 aromatic carbocycles. The van der Waals surface area contributed by atoms with E-state index in [0.29, 0.717) is 18.4 Å². The molecule has 2 N–H and O–H groups in total. The Labute approximate surface area is 201 Å². The van der Waals surface area contributed by atoms with Crippen molar-refractivity contribution in [2.45, 2.75) is 58.1 Å². The summed E-state index contributed by atoms with van der Waals surface area (Å²) in [5.74, 6) is 2.55. The molecule has 2 aliphatic rings. The molecule has 3 heterocycles. The number of aromatic nitrogens is 4. The van der Waals surface area contributed by atoms with Crippen molar-refractivity contribution in [1.82, 2.24) is 19.7 Å². The van der Waals surface area contributed by atoms with E-state index in [-0.39, 0.29) is 6.04 Å². The average molecular weight is 463 g/mol. The molecule has 1 atom stereocenters. The van der Waals surface area contributed by atoms with Crippen LogP contribution in [-0.4, -0.2) is 50.7 Å². The average Bonchev–Trinajstić information content (AvgIpc) is 3.60. The number of pyridine rings is 1. The lowest BCUT2D eigenvalue weighted by atomic mass is 9.88. The van der Waals surface area contributed by atoms with Crippen molar-refractivity contribution in [1.29, 1.82) is 0 Å². The Morgan fingerprint density at radius 1 is 1.21 bits per heavy atom. The number of ether oxygens (including phenoxy) is 1. The van der Waals surface area contributed by atoms with E-state index in [1.807, 2.05) is 48.1 Å². The Morgan fingerprint density at radius 3 is 2.74 bits per heavy atom. The zero-order valence-electron chi connectivity index (χ0n) is 20.5. The standard InChI is InChI=1S/C26H34N6O2/c1-17(2)32-25(31-13-5-11-26(33,16-31)20-6-7-20)29-24(30-32)28-21-8-9-22(23(15-21)34-4)19-10-12-27-18(3)14-19/h8-10,12,14-15,17,20,33H,5-7,11,13,16H2,1-4H3,(H,28,30). The number of nitrogens with one attached hydrogen (secondary N) is 1. The first-order chi connectivity index (χ1) is 16.4. The van der Waals surface area contributed by atoms with E-state index in [1.54, 1.807) is 7.11 Å². The molecular weight excluding hydrogens is 428 g/mol. The van der Waals surface area contributed by atoms with Gasteiger partial charge in [-0.3, -0.25) is 4.98 Å². The lowest BCUT2D eigenvalue weighted by molar-refractivity contribution is 0.00378. The van der Waals surface area contributed by atoms with E-state index < -0.39 is 5.60 Å². The van der Waals surface area contributed by atoms with Crippen LogP contribution in [0.5, 0.6) is 5.75 Å². The predicted octanol–water partition coefficient (Wildman–Crippen LogP) is 4.72. The van der Waals surface area contributed by atoms with Crippen molar-refractivity contribution in [3.05, 3.63) is 42.2 Å². The first-order valence-electron chi connectivity index (χ1n) is 12.2. The summed E-state index contributed by atoms with van der Waals surface area (Å²) in [6.07, 6.45) is 5.91. The third kappa shape index (κ3) is 4.46. The third-order valence-corrected chi connectivity index (χ3v) is 6.89. The van der Waals surface area contributed by atoms with Crippen molar-refractivity contribution in [3.63, 3.8) is 0 Å². The number of anilines is 3. The third-order valence-electron chi connectivity index (χ3n) is 6.89. The number of β-amino-alcohol motifs (C(OH)–C–C–N with tert-alkyl or cyclic N) is 1. The molecule has 8 heteroatoms. The second-order valence-electron chi connectivity index (χ2n) is 9.90. The fraction of sp³-hybridized carbons (Fsp3) is 0.500. The fourth-order valence-electron chi connectivity index (χ4n) is 4.97. The maximum atomic E-state index is 11.2. The number of aliphatic hydroxyl groups is 1. The molecule has 1 aliphatic heterocycles. The summed E-state index contributed by atoms with van der Waals surface area (Å²) >= 11 is 0. The molecule has 1 saturated heterocycles. The van der Waals surface area contributed by atoms with E-state index in [1.165, 1.54) is 0 Å². The molecule has 1 unspecified atom stereocenters. The number of methoxy groups -OCH3 is 1. The van der Waals surface area contributed by atoms with Crippen molar-refractivity contribution < 1.29 is 9.84 Å². The maximum absolute atomic E-state index is 11.2. The summed E-state index contributed by atoms with van der Waals surface area (Å²) in [7, 11) is 1.68. The molecule has 34 heavy (non-hydrogen) atoms. The van der Waals surface area contributed by atoms with Gasteiger partial charge in [-0.1, -0.05) is 0 Å². The van der Waals surface area contributed by atoms with Crippen molar-refractivity contribution in [2.24, 2.45) is 5.92 Å². The van der Waals surface area contributed by atoms with Gasteiger partial charge in [0.05, 0.1) is 18.8 Å². The van der Waals surface area contributed by atoms with E-state index >= 15 is 0 Å². The minimum absolute atomic E-state index is 0.154. The van der Waals surface area contributed by atoms with Crippen molar-refractivity contribution >= 4 is 17.6 Å². The minimum atomic E-state index is -0.603. The second-order valence-corrected chi connectivity index (χ2v) is 9.90. The Bertz CT molecular complexity index is 1170. The SMILES string of the molecule is COc1cc(Nc2nc(N3CCCC(O)(C4CC4)C3)n(C(C)C)n2)ccc1-c1ccnc(C)c1. The first-order valence-corrected chi connectivity index (χ1v) is 12.2. The molecule has 0 radical (unpaired) electrons. The van der Waals surface area contributed by atoms with E-state index in [0.717, 1.165) is 66.4 Å². The van der Waals surface area contributed by atoms with Gasteiger partial charge in [-0.2, -0.15) is 4.98 Å². The van der Waals surface area contributed by atoms with Crippen LogP contribution in [-0.2, 0) is 0 Å². The molecule has 0 bridgehead atoms. The quantitative estimate of drug-likeness (QED) is 0.525. The summed E-state index contributed by atoms with van der Waals surface area (Å²) in [5, 5.41) is 19.3. The Kier molecular flexibility index (Phi) is 5.93. The van der Waals surface area contributed by atoms with Crippen LogP contribution in [0.2, 0.25) is 0 Å². The van der Waals surface area contributed by atoms with Gasteiger partial charge in [0.15, 0.2) is 0 Å². The number of aryl methyl sites for hydroxylation is 1. The summed E-state index contributed by atoms with van der Waals surface area (Å²) in [4.78, 5) is 11.3. The minimum Gasteiger partial charge on any atom is -0.496 e. The highest BCUT2D eigenvalue weighted by molar-refractivity contribution is 5.74. The molecule has 0 spiro atoms. The second kappa shape index (κ2) is 8.91. The van der Waals surface area contributed by atoms with Crippen LogP contribution >= 0.6 is 0 Å². The maximum Gasteiger partial charge on any atom is 0.248 e. The van der Waals surface area contributed by atoms with Crippen LogP contribution in [0, 0.1) is 12.8 Å². The molecule has 8 nitrogen and oxygen atoms in total. The summed E-state index contributed by atoms with van der Waals surface area (Å²) in [5.41, 5.74) is 3.28. The van der Waals surface area contributed by atoms with Gasteiger partial charge in [0.2, 0.25) is 11.9 Å². The zero-order chi connectivity index (χ0) is 23.9. The van der Waals surface area contributed by atoms with Crippen molar-refractivity contribution in [3.8, 4) is 16.9 Å². The lowest BCUT2D eigenvalue weighted by Gasteiger charge is -2.40. The smallest absolute Gasteiger partial charge is 0.248 e. The van der Waals surface area contributed by atoms with Crippen LogP contribution in [0.4, 0.5) is 17.6 Å². The molecule has 1 saturated carbocycles. The van der Waals surface area contributed by atoms with E-state index in [2.05, 4.69) is 29.0 Å². The highest BCUT2D eigenvalue weighted by atomic mass is 16.5. The van der Waals surface area contributed by atoms with Crippen LogP contribution in [0.1, 0.15) is 51.3 Å². The van der Waals surface area contributed by atoms with Crippen LogP contribution < -0.4 is 15.0 Å². The highest BCUT2D eigenvalue weighted by Crippen LogP contribution is 2.44. The molecule has 2 aromatic heterocycles. The number of rotatable bonds is 7. The van der Waals surface area contributed by atoms with Crippen LogP contribution in [0.15, 0.2) is 36.5 Å². The summed E-state index contributed by atoms with van der Waals surface area (Å²) in [6.45, 7) is 7.69. The number of hydrogen-bond donors (Lipinski definition) is 2. The predicted molar refractivity (Wildman–Crippen MR) is 134 cm³/mol. The van der Waals surface area contributed by atoms with Gasteiger partial charge >= 0.3 is 0 Å². The van der Waals surface area contributed by atoms with Crippen LogP contribution in [0.25, 0.3) is 11.1 Å². The van der Waals surface area contributed by atoms with Gasteiger partial charge in [0.25, 0.3) is 0 Å². The summed E-state index contributed by atoms with van der Waals surface area (Å²) < 4.78 is 7.64. The van der Waals surface area contributed by atoms with E-state index in [4.69, 9.17) is 14.8 Å². The van der Waals surface area contributed by atoms with Gasteiger partial charge in [-0.25, -0.2) is 4.68 Å². The molecule has 0 amide bonds. The number of benzene rings is 1. The van der Waals surface area contributed by atoms with Gasteiger partial charge in [-0.05, 0) is 82.2 Å². The van der Waals surface area contributed by atoms with E-state index in [9.17, 15) is 5.11 Å². The lowest BCUT2D eigenvalue weighted by Crippen LogP contribution is -2.50. The monoisotopic (exact) mass is 462 g/mol. The molecule has 2 fully saturated rings. The number of piperidine rings is 1. The zero-order valence-corrected chi connectivity index (χ0v) is 20.5. The fourth-order valence-corrected chi connectivity index (χ4v) is 4.97. The number of nitrogens with zero attached hydrogens (tertiary/aromatic N) is 5. The highest BCUT2D eigenvalue weighted by Gasteiger charge is 2.46. The van der Waals surface area contributed by atoms with Gasteiger partial charge in [0.1, 0.15) is 5.75 Å². The van der Waals surface area contributed by atoms with Crippen molar-refractivity contribution in [2.75, 3.05) is 30.4 Å². The molecule has 180 valence electrons. The Balaban J connectivity index is 1.40. The Hall–Kier alpha value is -3.13. The first kappa shape index (κ1) is 22.7. The van der Waals surface area contributed by atoms with Gasteiger partial charge < -0.3 is 20.1 Å². The molecule has 5 rings (SSSR count). The summed E-state index contributed by atoms with van der Waals surface area (Å²) in [6, 6.07) is 10.2. The Morgan fingerprint density at radius 2 is 2.03 bits per heavy atom. The normalized spacial score (nSPS) is 20.6. The number of hydrogen-bond acceptors (Lipinski definition) is 7. The van der Waals surface area contributed by atoms with Gasteiger partial charge in [0, 0.05) is 42.3 Å². The van der Waals surface area contributed by atoms with Gasteiger partial charge in [-0.15, -0.1) is 5.10 Å². The molecule has 3 aromatic rings. The molecular formula is C26H34N6O2. The largest absolute Gasteiger partial charge is 0.496 e. The topological polar surface area (TPSA) is 88.3 Å². The molecule has 1 aliphatic carbocycles. The van der Waals surface area contributed by atoms with Crippen LogP contribution in [0.3, 0.4) is 0 Å².